The van der Waals surface area contributed by atoms with Gasteiger partial charge in [-0.15, -0.1) is 0 Å². The molecule has 0 aliphatic carbocycles. The summed E-state index contributed by atoms with van der Waals surface area (Å²) in [7, 11) is -3.64. The van der Waals surface area contributed by atoms with Gasteiger partial charge in [-0.1, -0.05) is 48.0 Å². The number of hydrogen-bond donors (Lipinski definition) is 1. The molecule has 0 radical (unpaired) electrons. The minimum atomic E-state index is -3.64. The zero-order valence-corrected chi connectivity index (χ0v) is 14.1. The summed E-state index contributed by atoms with van der Waals surface area (Å²) in [5.41, 5.74) is 2.73. The van der Waals surface area contributed by atoms with Crippen LogP contribution in [0.15, 0.2) is 84.0 Å². The van der Waals surface area contributed by atoms with Crippen LogP contribution in [0.2, 0.25) is 0 Å². The Morgan fingerprint density at radius 2 is 1.42 bits per heavy atom. The molecule has 0 saturated carbocycles. The van der Waals surface area contributed by atoms with Gasteiger partial charge in [-0.3, -0.25) is 4.98 Å². The highest BCUT2D eigenvalue weighted by Crippen LogP contribution is 2.24. The average molecular weight is 338 g/mol. The largest absolute Gasteiger partial charge is 0.265 e. The van der Waals surface area contributed by atoms with Crippen molar-refractivity contribution in [2.24, 2.45) is 0 Å². The molecule has 0 saturated heterocycles. The van der Waals surface area contributed by atoms with Gasteiger partial charge in [-0.25, -0.2) is 8.42 Å². The molecular weight excluding hydrogens is 320 g/mol. The summed E-state index contributed by atoms with van der Waals surface area (Å²) in [4.78, 5) is 4.26. The fourth-order valence-electron chi connectivity index (χ4n) is 2.47. The number of aromatic nitrogens is 1. The van der Waals surface area contributed by atoms with Gasteiger partial charge in [0.25, 0.3) is 0 Å². The minimum Gasteiger partial charge on any atom is -0.265 e. The number of sulfonamides is 1. The Kier molecular flexibility index (Phi) is 4.74. The summed E-state index contributed by atoms with van der Waals surface area (Å²) in [6, 6.07) is 19.5. The third-order valence-electron chi connectivity index (χ3n) is 3.78. The molecule has 0 amide bonds. The fraction of sp³-hybridized carbons (Fsp3) is 0.105. The van der Waals surface area contributed by atoms with Crippen LogP contribution in [-0.4, -0.2) is 13.4 Å². The van der Waals surface area contributed by atoms with E-state index in [2.05, 4.69) is 9.71 Å². The smallest absolute Gasteiger partial charge is 0.241 e. The van der Waals surface area contributed by atoms with Crippen LogP contribution in [-0.2, 0) is 10.0 Å². The molecule has 0 spiro atoms. The first-order valence-corrected chi connectivity index (χ1v) is 9.08. The number of nitrogens with zero attached hydrogens (tertiary/aromatic N) is 1. The van der Waals surface area contributed by atoms with Gasteiger partial charge in [0.2, 0.25) is 10.0 Å². The number of rotatable bonds is 5. The van der Waals surface area contributed by atoms with Gasteiger partial charge in [0, 0.05) is 12.4 Å². The third-order valence-corrected chi connectivity index (χ3v) is 5.22. The van der Waals surface area contributed by atoms with Gasteiger partial charge in [-0.2, -0.15) is 4.72 Å². The third kappa shape index (κ3) is 3.69. The molecule has 2 aromatic carbocycles. The molecule has 3 rings (SSSR count). The second kappa shape index (κ2) is 6.95. The normalized spacial score (nSPS) is 12.7. The predicted octanol–water partition coefficient (Wildman–Crippen LogP) is 3.46. The topological polar surface area (TPSA) is 59.1 Å². The van der Waals surface area contributed by atoms with Crippen LogP contribution in [0.25, 0.3) is 0 Å². The number of pyridine rings is 1. The monoisotopic (exact) mass is 338 g/mol. The molecule has 0 bridgehead atoms. The second-order valence-corrected chi connectivity index (χ2v) is 7.27. The van der Waals surface area contributed by atoms with Gasteiger partial charge in [0.1, 0.15) is 0 Å². The molecule has 4 nitrogen and oxygen atoms in total. The van der Waals surface area contributed by atoms with Crippen LogP contribution in [0.4, 0.5) is 0 Å². The second-order valence-electron chi connectivity index (χ2n) is 5.56. The first-order chi connectivity index (χ1) is 11.6. The van der Waals surface area contributed by atoms with Gasteiger partial charge in [0.15, 0.2) is 0 Å². The van der Waals surface area contributed by atoms with Crippen molar-refractivity contribution in [1.82, 2.24) is 9.71 Å². The highest BCUT2D eigenvalue weighted by Gasteiger charge is 2.22. The van der Waals surface area contributed by atoms with E-state index >= 15 is 0 Å². The van der Waals surface area contributed by atoms with Gasteiger partial charge in [-0.05, 0) is 42.3 Å². The highest BCUT2D eigenvalue weighted by molar-refractivity contribution is 7.89. The molecule has 1 N–H and O–H groups in total. The number of aryl methyl sites for hydroxylation is 1. The predicted molar refractivity (Wildman–Crippen MR) is 94.0 cm³/mol. The van der Waals surface area contributed by atoms with Crippen LogP contribution in [0.1, 0.15) is 22.7 Å². The summed E-state index contributed by atoms with van der Waals surface area (Å²) in [6.45, 7) is 1.92. The molecule has 3 aromatic rings. The Bertz CT molecular complexity index is 854. The average Bonchev–Trinajstić information content (AvgIpc) is 2.62. The van der Waals surface area contributed by atoms with Gasteiger partial charge >= 0.3 is 0 Å². The van der Waals surface area contributed by atoms with Crippen molar-refractivity contribution in [2.75, 3.05) is 0 Å². The lowest BCUT2D eigenvalue weighted by Crippen LogP contribution is -2.29. The first kappa shape index (κ1) is 16.4. The Hall–Kier alpha value is -2.50. The van der Waals surface area contributed by atoms with E-state index < -0.39 is 16.1 Å². The lowest BCUT2D eigenvalue weighted by Gasteiger charge is -2.19. The van der Waals surface area contributed by atoms with Crippen molar-refractivity contribution in [3.63, 3.8) is 0 Å². The van der Waals surface area contributed by atoms with E-state index in [0.29, 0.717) is 0 Å². The number of benzene rings is 2. The van der Waals surface area contributed by atoms with E-state index in [-0.39, 0.29) is 4.90 Å². The van der Waals surface area contributed by atoms with E-state index in [0.717, 1.165) is 16.7 Å². The van der Waals surface area contributed by atoms with Crippen molar-refractivity contribution in [3.05, 3.63) is 95.8 Å². The molecule has 0 aliphatic rings. The lowest BCUT2D eigenvalue weighted by atomic mass is 10.0. The van der Waals surface area contributed by atoms with Crippen LogP contribution < -0.4 is 4.72 Å². The summed E-state index contributed by atoms with van der Waals surface area (Å²) in [6.07, 6.45) is 3.32. The van der Waals surface area contributed by atoms with Crippen molar-refractivity contribution >= 4 is 10.0 Å². The lowest BCUT2D eigenvalue weighted by molar-refractivity contribution is 0.572. The molecule has 1 aromatic heterocycles. The minimum absolute atomic E-state index is 0.253. The Balaban J connectivity index is 1.99. The van der Waals surface area contributed by atoms with Crippen molar-refractivity contribution < 1.29 is 8.42 Å². The standard InChI is InChI=1S/C19H18N2O2S/c1-15-7-9-18(10-8-15)24(22,23)21-19(16-5-3-2-4-6-16)17-11-13-20-14-12-17/h2-14,19,21H,1H3/t19-/m1/s1. The summed E-state index contributed by atoms with van der Waals surface area (Å²) < 4.78 is 28.4. The molecular formula is C19H18N2O2S. The maximum atomic E-state index is 12.8. The number of nitrogens with one attached hydrogen (secondary N) is 1. The Morgan fingerprint density at radius 1 is 0.833 bits per heavy atom. The number of hydrogen-bond acceptors (Lipinski definition) is 3. The quantitative estimate of drug-likeness (QED) is 0.775. The summed E-state index contributed by atoms with van der Waals surface area (Å²) in [5.74, 6) is 0. The molecule has 1 atom stereocenters. The molecule has 5 heteroatoms. The van der Waals surface area contributed by atoms with E-state index in [1.54, 1.807) is 36.7 Å². The van der Waals surface area contributed by atoms with Crippen molar-refractivity contribution in [1.29, 1.82) is 0 Å². The highest BCUT2D eigenvalue weighted by atomic mass is 32.2. The summed E-state index contributed by atoms with van der Waals surface area (Å²) >= 11 is 0. The maximum Gasteiger partial charge on any atom is 0.241 e. The molecule has 1 heterocycles. The van der Waals surface area contributed by atoms with Crippen molar-refractivity contribution in [2.45, 2.75) is 17.9 Å². The van der Waals surface area contributed by atoms with Crippen LogP contribution in [0, 0.1) is 6.92 Å². The van der Waals surface area contributed by atoms with Gasteiger partial charge in [0.05, 0.1) is 10.9 Å². The summed E-state index contributed by atoms with van der Waals surface area (Å²) in [5, 5.41) is 0. The van der Waals surface area contributed by atoms with Crippen LogP contribution in [0.3, 0.4) is 0 Å². The van der Waals surface area contributed by atoms with Crippen LogP contribution in [0.5, 0.6) is 0 Å². The van der Waals surface area contributed by atoms with E-state index in [4.69, 9.17) is 0 Å². The molecule has 0 aliphatic heterocycles. The van der Waals surface area contributed by atoms with E-state index in [9.17, 15) is 8.42 Å². The molecule has 122 valence electrons. The molecule has 24 heavy (non-hydrogen) atoms. The van der Waals surface area contributed by atoms with Crippen molar-refractivity contribution in [3.8, 4) is 0 Å². The van der Waals surface area contributed by atoms with E-state index in [1.807, 2.05) is 49.4 Å². The van der Waals surface area contributed by atoms with E-state index in [1.165, 1.54) is 0 Å². The first-order valence-electron chi connectivity index (χ1n) is 7.60. The fourth-order valence-corrected chi connectivity index (χ4v) is 3.68. The Morgan fingerprint density at radius 3 is 2.04 bits per heavy atom. The SMILES string of the molecule is Cc1ccc(S(=O)(=O)N[C@H](c2ccccc2)c2ccncc2)cc1. The molecule has 0 fully saturated rings. The Labute approximate surface area is 142 Å². The van der Waals surface area contributed by atoms with Crippen LogP contribution >= 0.6 is 0 Å². The zero-order chi connectivity index (χ0) is 17.0. The van der Waals surface area contributed by atoms with Gasteiger partial charge < -0.3 is 0 Å². The molecule has 0 unspecified atom stereocenters. The zero-order valence-electron chi connectivity index (χ0n) is 13.3. The maximum absolute atomic E-state index is 12.8.